The second-order valence-corrected chi connectivity index (χ2v) is 9.23. The van der Waals surface area contributed by atoms with Crippen LogP contribution < -0.4 is 5.32 Å². The number of fused-ring (bicyclic) bond motifs is 3. The van der Waals surface area contributed by atoms with E-state index in [0.717, 1.165) is 34.7 Å². The van der Waals surface area contributed by atoms with Gasteiger partial charge in [-0.05, 0) is 49.4 Å². The molecular formula is C19H21N3O2S2. The second kappa shape index (κ2) is 7.50. The van der Waals surface area contributed by atoms with Crippen molar-refractivity contribution in [2.45, 2.75) is 41.6 Å². The van der Waals surface area contributed by atoms with Crippen LogP contribution in [0.15, 0.2) is 39.7 Å². The highest BCUT2D eigenvalue weighted by atomic mass is 32.2. The van der Waals surface area contributed by atoms with E-state index in [2.05, 4.69) is 15.2 Å². The number of carbonyl (C=O) groups excluding carboxylic acids is 2. The first-order valence-electron chi connectivity index (χ1n) is 8.88. The average Bonchev–Trinajstić information content (AvgIpc) is 3.12. The van der Waals surface area contributed by atoms with Gasteiger partial charge in [-0.25, -0.2) is 4.98 Å². The number of ketones is 1. The summed E-state index contributed by atoms with van der Waals surface area (Å²) in [5.74, 6) is 0.794. The Balaban J connectivity index is 1.37. The molecule has 3 saturated heterocycles. The van der Waals surface area contributed by atoms with Gasteiger partial charge in [0.25, 0.3) is 5.91 Å². The van der Waals surface area contributed by atoms with E-state index in [1.807, 2.05) is 24.3 Å². The van der Waals surface area contributed by atoms with Gasteiger partial charge in [-0.2, -0.15) is 0 Å². The average molecular weight is 388 g/mol. The maximum Gasteiger partial charge on any atom is 0.252 e. The minimum Gasteiger partial charge on any atom is -0.336 e. The van der Waals surface area contributed by atoms with Crippen LogP contribution >= 0.6 is 23.1 Å². The van der Waals surface area contributed by atoms with Crippen LogP contribution in [0.2, 0.25) is 0 Å². The fourth-order valence-electron chi connectivity index (χ4n) is 3.59. The highest BCUT2D eigenvalue weighted by Crippen LogP contribution is 2.32. The molecule has 3 aliphatic rings. The molecule has 1 unspecified atom stereocenters. The molecule has 2 bridgehead atoms. The second-order valence-electron chi connectivity index (χ2n) is 6.88. The molecule has 26 heavy (non-hydrogen) atoms. The minimum absolute atomic E-state index is 0.00721. The molecule has 1 aromatic heterocycles. The summed E-state index contributed by atoms with van der Waals surface area (Å²) in [4.78, 5) is 32.2. The maximum absolute atomic E-state index is 12.5. The molecule has 5 rings (SSSR count). The summed E-state index contributed by atoms with van der Waals surface area (Å²) in [5.41, 5.74) is 0.681. The van der Waals surface area contributed by atoms with Crippen molar-refractivity contribution in [1.82, 2.24) is 15.2 Å². The summed E-state index contributed by atoms with van der Waals surface area (Å²) < 4.78 is 0.832. The molecule has 0 spiro atoms. The van der Waals surface area contributed by atoms with Gasteiger partial charge >= 0.3 is 0 Å². The van der Waals surface area contributed by atoms with Crippen molar-refractivity contribution in [2.75, 3.05) is 13.1 Å². The van der Waals surface area contributed by atoms with Crippen LogP contribution in [0.3, 0.4) is 0 Å². The summed E-state index contributed by atoms with van der Waals surface area (Å²) in [6, 6.07) is 7.57. The van der Waals surface area contributed by atoms with Gasteiger partial charge in [-0.1, -0.05) is 11.8 Å². The van der Waals surface area contributed by atoms with Gasteiger partial charge in [0.1, 0.15) is 0 Å². The third kappa shape index (κ3) is 3.84. The number of Topliss-reactive ketones (excluding diaryl/α,β-unsaturated/α-hetero) is 1. The highest BCUT2D eigenvalue weighted by Gasteiger charge is 2.34. The molecule has 1 aromatic carbocycles. The Morgan fingerprint density at radius 1 is 1.23 bits per heavy atom. The lowest BCUT2D eigenvalue weighted by Gasteiger charge is -2.45. The Bertz CT molecular complexity index is 810. The van der Waals surface area contributed by atoms with Crippen LogP contribution in [0.25, 0.3) is 0 Å². The minimum atomic E-state index is -0.00721. The van der Waals surface area contributed by atoms with Gasteiger partial charge in [-0.15, -0.1) is 11.3 Å². The Labute approximate surface area is 161 Å². The van der Waals surface area contributed by atoms with Crippen LogP contribution in [-0.2, 0) is 0 Å². The van der Waals surface area contributed by atoms with E-state index >= 15 is 0 Å². The fourth-order valence-corrected chi connectivity index (χ4v) is 5.44. The Hall–Kier alpha value is -1.70. The number of nitrogens with one attached hydrogen (secondary N) is 1. The lowest BCUT2D eigenvalue weighted by atomic mass is 9.86. The van der Waals surface area contributed by atoms with Crippen molar-refractivity contribution in [3.63, 3.8) is 0 Å². The van der Waals surface area contributed by atoms with E-state index in [9.17, 15) is 9.59 Å². The van der Waals surface area contributed by atoms with Crippen LogP contribution in [-0.4, -0.2) is 40.8 Å². The summed E-state index contributed by atoms with van der Waals surface area (Å²) in [7, 11) is 0. The molecular weight excluding hydrogens is 366 g/mol. The number of hydrogen-bond donors (Lipinski definition) is 1. The number of nitrogens with zero attached hydrogens (tertiary/aromatic N) is 2. The largest absolute Gasteiger partial charge is 0.336 e. The SMILES string of the molecule is CC(=O)c1cnc(Sc2ccc(C(=O)NC3CC4CCN3CC4)cc2)s1. The molecule has 2 aromatic rings. The predicted octanol–water partition coefficient (Wildman–Crippen LogP) is 3.67. The highest BCUT2D eigenvalue weighted by molar-refractivity contribution is 8.01. The van der Waals surface area contributed by atoms with Crippen LogP contribution in [0.1, 0.15) is 46.2 Å². The van der Waals surface area contributed by atoms with E-state index < -0.39 is 0 Å². The van der Waals surface area contributed by atoms with Crippen LogP contribution in [0.5, 0.6) is 0 Å². The molecule has 0 saturated carbocycles. The number of amides is 1. The zero-order valence-electron chi connectivity index (χ0n) is 14.6. The van der Waals surface area contributed by atoms with Crippen LogP contribution in [0, 0.1) is 5.92 Å². The molecule has 7 heteroatoms. The van der Waals surface area contributed by atoms with E-state index in [1.165, 1.54) is 35.9 Å². The maximum atomic E-state index is 12.5. The monoisotopic (exact) mass is 387 g/mol. The summed E-state index contributed by atoms with van der Waals surface area (Å²) in [5, 5.41) is 3.18. The molecule has 1 N–H and O–H groups in total. The smallest absolute Gasteiger partial charge is 0.252 e. The third-order valence-corrected chi connectivity index (χ3v) is 7.28. The summed E-state index contributed by atoms with van der Waals surface area (Å²) >= 11 is 2.90. The lowest BCUT2D eigenvalue weighted by molar-refractivity contribution is 0.0295. The molecule has 4 heterocycles. The van der Waals surface area contributed by atoms with E-state index in [1.54, 1.807) is 13.1 Å². The Kier molecular flexibility index (Phi) is 5.11. The number of aromatic nitrogens is 1. The summed E-state index contributed by atoms with van der Waals surface area (Å²) in [6.45, 7) is 3.74. The van der Waals surface area contributed by atoms with Gasteiger partial charge < -0.3 is 5.32 Å². The van der Waals surface area contributed by atoms with E-state index in [4.69, 9.17) is 0 Å². The van der Waals surface area contributed by atoms with Crippen molar-refractivity contribution >= 4 is 34.8 Å². The third-order valence-electron chi connectivity index (χ3n) is 5.10. The molecule has 3 aliphatic heterocycles. The number of benzene rings is 1. The molecule has 136 valence electrons. The Morgan fingerprint density at radius 3 is 2.54 bits per heavy atom. The molecule has 0 radical (unpaired) electrons. The predicted molar refractivity (Wildman–Crippen MR) is 103 cm³/mol. The number of carbonyl (C=O) groups is 2. The number of piperidine rings is 3. The first-order chi connectivity index (χ1) is 12.6. The van der Waals surface area contributed by atoms with Crippen molar-refractivity contribution in [3.05, 3.63) is 40.9 Å². The van der Waals surface area contributed by atoms with Crippen molar-refractivity contribution in [2.24, 2.45) is 5.92 Å². The van der Waals surface area contributed by atoms with Crippen LogP contribution in [0.4, 0.5) is 0 Å². The topological polar surface area (TPSA) is 62.3 Å². The lowest BCUT2D eigenvalue weighted by Crippen LogP contribution is -2.56. The van der Waals surface area contributed by atoms with Gasteiger partial charge in [-0.3, -0.25) is 14.5 Å². The molecule has 3 fully saturated rings. The van der Waals surface area contributed by atoms with E-state index in [-0.39, 0.29) is 17.9 Å². The number of thiazole rings is 1. The fraction of sp³-hybridized carbons (Fsp3) is 0.421. The summed E-state index contributed by atoms with van der Waals surface area (Å²) in [6.07, 6.45) is 5.40. The first-order valence-corrected chi connectivity index (χ1v) is 10.5. The first kappa shape index (κ1) is 17.7. The zero-order chi connectivity index (χ0) is 18.1. The number of rotatable bonds is 5. The van der Waals surface area contributed by atoms with Gasteiger partial charge in [0.15, 0.2) is 10.1 Å². The molecule has 1 amide bonds. The standard InChI is InChI=1S/C19H21N3O2S2/c1-12(23)16-11-20-19(26-16)25-15-4-2-14(3-5-15)18(24)21-17-10-13-6-8-22(17)9-7-13/h2-5,11,13,17H,6-10H2,1H3,(H,21,24). The Morgan fingerprint density at radius 2 is 1.96 bits per heavy atom. The molecule has 1 atom stereocenters. The van der Waals surface area contributed by atoms with Gasteiger partial charge in [0, 0.05) is 30.5 Å². The van der Waals surface area contributed by atoms with Crippen molar-refractivity contribution < 1.29 is 9.59 Å². The quantitative estimate of drug-likeness (QED) is 0.793. The van der Waals surface area contributed by atoms with Crippen molar-refractivity contribution in [1.29, 1.82) is 0 Å². The normalized spacial score (nSPS) is 24.4. The van der Waals surface area contributed by atoms with Gasteiger partial charge in [0.2, 0.25) is 0 Å². The van der Waals surface area contributed by atoms with E-state index in [0.29, 0.717) is 10.4 Å². The molecule has 5 nitrogen and oxygen atoms in total. The molecule has 0 aliphatic carbocycles. The zero-order valence-corrected chi connectivity index (χ0v) is 16.2. The van der Waals surface area contributed by atoms with Gasteiger partial charge in [0.05, 0.1) is 17.2 Å². The number of hydrogen-bond acceptors (Lipinski definition) is 6. The van der Waals surface area contributed by atoms with Crippen molar-refractivity contribution in [3.8, 4) is 0 Å².